The molecule has 4 nitrogen and oxygen atoms in total. The number of hydrogen-bond acceptors (Lipinski definition) is 3. The topological polar surface area (TPSA) is 49.4 Å². The lowest BCUT2D eigenvalue weighted by atomic mass is 10.1. The Bertz CT molecular complexity index is 738. The monoisotopic (exact) mass is 404 g/mol. The van der Waals surface area contributed by atoms with Gasteiger partial charge in [-0.25, -0.2) is 0 Å². The molecule has 27 heavy (non-hydrogen) atoms. The first-order valence-electron chi connectivity index (χ1n) is 8.92. The molecule has 0 unspecified atom stereocenters. The fourth-order valence-corrected chi connectivity index (χ4v) is 3.78. The number of benzene rings is 2. The Kier molecular flexibility index (Phi) is 8.69. The summed E-state index contributed by atoms with van der Waals surface area (Å²) in [4.78, 5) is 26.9. The number of thioether (sulfide) groups is 1. The number of hydrogen-bond donors (Lipinski definition) is 1. The number of nitrogens with one attached hydrogen (secondary N) is 1. The SMILES string of the molecule is CC[C@H](C(=O)NC)N(Cc1ccccc1)C(=O)CSCc1ccc(Cl)cc1. The predicted molar refractivity (Wildman–Crippen MR) is 113 cm³/mol. The highest BCUT2D eigenvalue weighted by Gasteiger charge is 2.27. The summed E-state index contributed by atoms with van der Waals surface area (Å²) in [6, 6.07) is 16.9. The molecule has 0 aliphatic rings. The number of halogens is 1. The summed E-state index contributed by atoms with van der Waals surface area (Å²) < 4.78 is 0. The zero-order chi connectivity index (χ0) is 19.6. The van der Waals surface area contributed by atoms with Crippen LogP contribution in [0.5, 0.6) is 0 Å². The van der Waals surface area contributed by atoms with Gasteiger partial charge in [-0.3, -0.25) is 9.59 Å². The van der Waals surface area contributed by atoms with Gasteiger partial charge in [0.1, 0.15) is 6.04 Å². The minimum absolute atomic E-state index is 0.0340. The van der Waals surface area contributed by atoms with Crippen molar-refractivity contribution in [2.24, 2.45) is 0 Å². The first-order valence-corrected chi connectivity index (χ1v) is 10.5. The smallest absolute Gasteiger partial charge is 0.242 e. The molecule has 0 heterocycles. The van der Waals surface area contributed by atoms with E-state index in [0.717, 1.165) is 16.9 Å². The van der Waals surface area contributed by atoms with Crippen LogP contribution in [0.3, 0.4) is 0 Å². The van der Waals surface area contributed by atoms with Crippen molar-refractivity contribution in [2.75, 3.05) is 12.8 Å². The van der Waals surface area contributed by atoms with E-state index in [1.54, 1.807) is 23.7 Å². The van der Waals surface area contributed by atoms with Crippen molar-refractivity contribution >= 4 is 35.2 Å². The van der Waals surface area contributed by atoms with Crippen LogP contribution in [0.2, 0.25) is 5.02 Å². The van der Waals surface area contributed by atoms with Gasteiger partial charge in [0.25, 0.3) is 0 Å². The highest BCUT2D eigenvalue weighted by molar-refractivity contribution is 7.99. The van der Waals surface area contributed by atoms with Crippen molar-refractivity contribution in [1.29, 1.82) is 0 Å². The lowest BCUT2D eigenvalue weighted by Crippen LogP contribution is -2.48. The minimum atomic E-state index is -0.473. The molecule has 0 radical (unpaired) electrons. The molecule has 0 aliphatic heterocycles. The van der Waals surface area contributed by atoms with Crippen LogP contribution in [0.25, 0.3) is 0 Å². The lowest BCUT2D eigenvalue weighted by Gasteiger charge is -2.30. The van der Waals surface area contributed by atoms with E-state index >= 15 is 0 Å². The van der Waals surface area contributed by atoms with Crippen LogP contribution in [0.15, 0.2) is 54.6 Å². The zero-order valence-corrected chi connectivity index (χ0v) is 17.2. The third kappa shape index (κ3) is 6.60. The fourth-order valence-electron chi connectivity index (χ4n) is 2.79. The first kappa shape index (κ1) is 21.3. The summed E-state index contributed by atoms with van der Waals surface area (Å²) in [7, 11) is 1.60. The van der Waals surface area contributed by atoms with Gasteiger partial charge in [0.05, 0.1) is 5.75 Å². The molecule has 2 aromatic rings. The second-order valence-corrected chi connectivity index (χ2v) is 7.59. The summed E-state index contributed by atoms with van der Waals surface area (Å²) in [5.74, 6) is 0.875. The molecule has 144 valence electrons. The maximum atomic E-state index is 12.9. The molecule has 2 rings (SSSR count). The summed E-state index contributed by atoms with van der Waals surface area (Å²) in [6.07, 6.45) is 0.570. The van der Waals surface area contributed by atoms with Crippen LogP contribution in [0.1, 0.15) is 24.5 Å². The maximum Gasteiger partial charge on any atom is 0.242 e. The third-order valence-corrected chi connectivity index (χ3v) is 5.48. The van der Waals surface area contributed by atoms with E-state index in [1.165, 1.54) is 0 Å². The van der Waals surface area contributed by atoms with Crippen molar-refractivity contribution in [3.63, 3.8) is 0 Å². The van der Waals surface area contributed by atoms with E-state index in [1.807, 2.05) is 61.5 Å². The second kappa shape index (κ2) is 11.0. The zero-order valence-electron chi connectivity index (χ0n) is 15.7. The molecule has 0 bridgehead atoms. The van der Waals surface area contributed by atoms with Crippen LogP contribution >= 0.6 is 23.4 Å². The Hall–Kier alpha value is -1.98. The summed E-state index contributed by atoms with van der Waals surface area (Å²) in [5.41, 5.74) is 2.13. The molecule has 0 fully saturated rings. The van der Waals surface area contributed by atoms with Gasteiger partial charge in [-0.05, 0) is 29.7 Å². The molecule has 0 aliphatic carbocycles. The van der Waals surface area contributed by atoms with Crippen molar-refractivity contribution in [3.8, 4) is 0 Å². The molecule has 0 saturated carbocycles. The van der Waals surface area contributed by atoms with Gasteiger partial charge in [-0.2, -0.15) is 0 Å². The molecule has 6 heteroatoms. The van der Waals surface area contributed by atoms with Crippen LogP contribution in [-0.2, 0) is 21.9 Å². The van der Waals surface area contributed by atoms with E-state index in [4.69, 9.17) is 11.6 Å². The van der Waals surface area contributed by atoms with Gasteiger partial charge in [0.15, 0.2) is 0 Å². The molecular weight excluding hydrogens is 380 g/mol. The first-order chi connectivity index (χ1) is 13.0. The minimum Gasteiger partial charge on any atom is -0.357 e. The van der Waals surface area contributed by atoms with Gasteiger partial charge >= 0.3 is 0 Å². The van der Waals surface area contributed by atoms with Gasteiger partial charge in [-0.15, -0.1) is 11.8 Å². The number of amides is 2. The average molecular weight is 405 g/mol. The summed E-state index contributed by atoms with van der Waals surface area (Å²) in [6.45, 7) is 2.35. The van der Waals surface area contributed by atoms with E-state index in [-0.39, 0.29) is 11.8 Å². The Balaban J connectivity index is 2.05. The normalized spacial score (nSPS) is 11.7. The van der Waals surface area contributed by atoms with Crippen molar-refractivity contribution in [1.82, 2.24) is 10.2 Å². The quantitative estimate of drug-likeness (QED) is 0.683. The lowest BCUT2D eigenvalue weighted by molar-refractivity contribution is -0.139. The summed E-state index contributed by atoms with van der Waals surface area (Å²) >= 11 is 7.44. The van der Waals surface area contributed by atoms with Crippen molar-refractivity contribution in [2.45, 2.75) is 31.7 Å². The Labute approximate surface area is 170 Å². The number of likely N-dealkylation sites (N-methyl/N-ethyl adjacent to an activating group) is 1. The third-order valence-electron chi connectivity index (χ3n) is 4.24. The highest BCUT2D eigenvalue weighted by atomic mass is 35.5. The number of rotatable bonds is 9. The highest BCUT2D eigenvalue weighted by Crippen LogP contribution is 2.18. The van der Waals surface area contributed by atoms with E-state index in [0.29, 0.717) is 23.7 Å². The van der Waals surface area contributed by atoms with Gasteiger partial charge in [0.2, 0.25) is 11.8 Å². The summed E-state index contributed by atoms with van der Waals surface area (Å²) in [5, 5.41) is 3.37. The van der Waals surface area contributed by atoms with Gasteiger partial charge in [-0.1, -0.05) is 61.0 Å². The van der Waals surface area contributed by atoms with Gasteiger partial charge < -0.3 is 10.2 Å². The maximum absolute atomic E-state index is 12.9. The largest absolute Gasteiger partial charge is 0.357 e. The molecular formula is C21H25ClN2O2S. The molecule has 1 atom stereocenters. The second-order valence-electron chi connectivity index (χ2n) is 6.16. The van der Waals surface area contributed by atoms with Crippen molar-refractivity contribution < 1.29 is 9.59 Å². The molecule has 0 saturated heterocycles. The number of carbonyl (C=O) groups is 2. The van der Waals surface area contributed by atoms with Crippen LogP contribution < -0.4 is 5.32 Å². The van der Waals surface area contributed by atoms with E-state index in [2.05, 4.69) is 5.32 Å². The Morgan fingerprint density at radius 2 is 1.74 bits per heavy atom. The number of carbonyl (C=O) groups excluding carboxylic acids is 2. The standard InChI is InChI=1S/C21H25ClN2O2S/c1-3-19(21(26)23-2)24(13-16-7-5-4-6-8-16)20(25)15-27-14-17-9-11-18(22)12-10-17/h4-12,19H,3,13-15H2,1-2H3,(H,23,26)/t19-/m1/s1. The van der Waals surface area contributed by atoms with Crippen molar-refractivity contribution in [3.05, 3.63) is 70.7 Å². The Morgan fingerprint density at radius 3 is 2.33 bits per heavy atom. The molecule has 0 aromatic heterocycles. The van der Waals surface area contributed by atoms with E-state index in [9.17, 15) is 9.59 Å². The molecule has 2 amide bonds. The van der Waals surface area contributed by atoms with Crippen LogP contribution in [-0.4, -0.2) is 35.6 Å². The predicted octanol–water partition coefficient (Wildman–Crippen LogP) is 4.13. The number of nitrogens with zero attached hydrogens (tertiary/aromatic N) is 1. The van der Waals surface area contributed by atoms with E-state index < -0.39 is 6.04 Å². The fraction of sp³-hybridized carbons (Fsp3) is 0.333. The van der Waals surface area contributed by atoms with Gasteiger partial charge in [0, 0.05) is 24.4 Å². The molecule has 2 aromatic carbocycles. The Morgan fingerprint density at radius 1 is 1.07 bits per heavy atom. The van der Waals surface area contributed by atoms with Crippen LogP contribution in [0.4, 0.5) is 0 Å². The molecule has 0 spiro atoms. The average Bonchev–Trinajstić information content (AvgIpc) is 2.69. The van der Waals surface area contributed by atoms with Crippen LogP contribution in [0, 0.1) is 0 Å². The molecule has 1 N–H and O–H groups in total.